The van der Waals surface area contributed by atoms with Crippen LogP contribution in [0.1, 0.15) is 21.5 Å². The molecular formula is C26H23N3O2. The Morgan fingerprint density at radius 2 is 1.81 bits per heavy atom. The number of anilines is 1. The molecule has 0 unspecified atom stereocenters. The highest BCUT2D eigenvalue weighted by Gasteiger charge is 2.29. The van der Waals surface area contributed by atoms with E-state index >= 15 is 0 Å². The van der Waals surface area contributed by atoms with Crippen LogP contribution in [0.3, 0.4) is 0 Å². The highest BCUT2D eigenvalue weighted by molar-refractivity contribution is 6.10. The number of amides is 1. The maximum absolute atomic E-state index is 13.7. The molecule has 0 spiro atoms. The lowest BCUT2D eigenvalue weighted by atomic mass is 10.1. The smallest absolute Gasteiger partial charge is 0.262 e. The van der Waals surface area contributed by atoms with Crippen LogP contribution in [-0.4, -0.2) is 29.3 Å². The standard InChI is InChI=1S/C26H23N3O2/c1-31-22-12-7-11-21(16-22)25-23(18-28(27-25)17-19-8-3-2-4-9-19)26(30)29-15-14-20-10-5-6-13-24(20)29/h2-13,16,18H,14-15,17H2,1H3. The Hall–Kier alpha value is -3.86. The van der Waals surface area contributed by atoms with Gasteiger partial charge in [0.25, 0.3) is 5.91 Å². The minimum atomic E-state index is -0.0259. The van der Waals surface area contributed by atoms with Crippen LogP contribution >= 0.6 is 0 Å². The third-order valence-corrected chi connectivity index (χ3v) is 5.65. The molecule has 0 N–H and O–H groups in total. The van der Waals surface area contributed by atoms with Crippen molar-refractivity contribution in [1.82, 2.24) is 9.78 Å². The van der Waals surface area contributed by atoms with Gasteiger partial charge in [-0.25, -0.2) is 0 Å². The molecule has 0 radical (unpaired) electrons. The van der Waals surface area contributed by atoms with Crippen molar-refractivity contribution in [2.45, 2.75) is 13.0 Å². The van der Waals surface area contributed by atoms with Crippen LogP contribution in [0.25, 0.3) is 11.3 Å². The fourth-order valence-electron chi connectivity index (χ4n) is 4.11. The van der Waals surface area contributed by atoms with E-state index in [1.807, 2.05) is 76.4 Å². The SMILES string of the molecule is COc1cccc(-c2nn(Cc3ccccc3)cc2C(=O)N2CCc3ccccc32)c1. The van der Waals surface area contributed by atoms with Crippen molar-refractivity contribution in [3.63, 3.8) is 0 Å². The number of hydrogen-bond donors (Lipinski definition) is 0. The van der Waals surface area contributed by atoms with Crippen molar-refractivity contribution in [2.24, 2.45) is 0 Å². The highest BCUT2D eigenvalue weighted by Crippen LogP contribution is 2.32. The van der Waals surface area contributed by atoms with E-state index in [0.29, 0.717) is 24.3 Å². The van der Waals surface area contributed by atoms with Crippen molar-refractivity contribution < 1.29 is 9.53 Å². The summed E-state index contributed by atoms with van der Waals surface area (Å²) >= 11 is 0. The third-order valence-electron chi connectivity index (χ3n) is 5.65. The Bertz CT molecular complexity index is 1230. The number of para-hydroxylation sites is 1. The summed E-state index contributed by atoms with van der Waals surface area (Å²) in [6.45, 7) is 1.28. The number of nitrogens with zero attached hydrogens (tertiary/aromatic N) is 3. The monoisotopic (exact) mass is 409 g/mol. The summed E-state index contributed by atoms with van der Waals surface area (Å²) in [6.07, 6.45) is 2.74. The van der Waals surface area contributed by atoms with Crippen molar-refractivity contribution in [2.75, 3.05) is 18.6 Å². The zero-order valence-corrected chi connectivity index (χ0v) is 17.4. The van der Waals surface area contributed by atoms with Crippen molar-refractivity contribution in [3.05, 3.63) is 102 Å². The molecule has 31 heavy (non-hydrogen) atoms. The second-order valence-electron chi connectivity index (χ2n) is 7.64. The Morgan fingerprint density at radius 3 is 2.65 bits per heavy atom. The maximum atomic E-state index is 13.7. The quantitative estimate of drug-likeness (QED) is 0.475. The molecule has 1 aromatic heterocycles. The van der Waals surface area contributed by atoms with E-state index in [2.05, 4.69) is 18.2 Å². The van der Waals surface area contributed by atoms with E-state index in [4.69, 9.17) is 9.84 Å². The van der Waals surface area contributed by atoms with Gasteiger partial charge in [0.15, 0.2) is 0 Å². The van der Waals surface area contributed by atoms with E-state index in [1.165, 1.54) is 5.56 Å². The second kappa shape index (κ2) is 8.11. The summed E-state index contributed by atoms with van der Waals surface area (Å²) in [4.78, 5) is 15.5. The summed E-state index contributed by atoms with van der Waals surface area (Å²) in [7, 11) is 1.64. The highest BCUT2D eigenvalue weighted by atomic mass is 16.5. The molecule has 2 heterocycles. The predicted molar refractivity (Wildman–Crippen MR) is 122 cm³/mol. The number of fused-ring (bicyclic) bond motifs is 1. The van der Waals surface area contributed by atoms with Gasteiger partial charge in [0.1, 0.15) is 11.4 Å². The molecule has 3 aromatic carbocycles. The number of benzene rings is 3. The Morgan fingerprint density at radius 1 is 1.00 bits per heavy atom. The van der Waals surface area contributed by atoms with Gasteiger partial charge in [0.2, 0.25) is 0 Å². The molecule has 5 heteroatoms. The number of methoxy groups -OCH3 is 1. The molecular weight excluding hydrogens is 386 g/mol. The van der Waals surface area contributed by atoms with Gasteiger partial charge in [-0.3, -0.25) is 9.48 Å². The molecule has 5 rings (SSSR count). The molecule has 5 nitrogen and oxygen atoms in total. The minimum Gasteiger partial charge on any atom is -0.497 e. The summed E-state index contributed by atoms with van der Waals surface area (Å²) in [5.74, 6) is 0.710. The van der Waals surface area contributed by atoms with Crippen LogP contribution in [0.4, 0.5) is 5.69 Å². The number of rotatable bonds is 5. The molecule has 1 amide bonds. The predicted octanol–water partition coefficient (Wildman–Crippen LogP) is 4.81. The first-order valence-corrected chi connectivity index (χ1v) is 10.4. The normalized spacial score (nSPS) is 12.6. The number of ether oxygens (including phenoxy) is 1. The lowest BCUT2D eigenvalue weighted by Crippen LogP contribution is -2.29. The van der Waals surface area contributed by atoms with E-state index in [1.54, 1.807) is 7.11 Å². The fraction of sp³-hybridized carbons (Fsp3) is 0.154. The first-order chi connectivity index (χ1) is 15.2. The molecule has 0 fully saturated rings. The number of carbonyl (C=O) groups excluding carboxylic acids is 1. The topological polar surface area (TPSA) is 47.4 Å². The third kappa shape index (κ3) is 3.70. The maximum Gasteiger partial charge on any atom is 0.262 e. The van der Waals surface area contributed by atoms with Crippen LogP contribution < -0.4 is 9.64 Å². The number of carbonyl (C=O) groups is 1. The molecule has 1 aliphatic rings. The van der Waals surface area contributed by atoms with Gasteiger partial charge >= 0.3 is 0 Å². The summed E-state index contributed by atoms with van der Waals surface area (Å²) in [6, 6.07) is 25.9. The van der Waals surface area contributed by atoms with Crippen molar-refractivity contribution >= 4 is 11.6 Å². The van der Waals surface area contributed by atoms with Gasteiger partial charge in [-0.15, -0.1) is 0 Å². The Kier molecular flexibility index (Phi) is 5.00. The molecule has 1 aliphatic heterocycles. The Labute approximate surface area is 181 Å². The average Bonchev–Trinajstić information content (AvgIpc) is 3.44. The molecule has 0 saturated carbocycles. The largest absolute Gasteiger partial charge is 0.497 e. The van der Waals surface area contributed by atoms with Crippen LogP contribution in [0, 0.1) is 0 Å². The van der Waals surface area contributed by atoms with Crippen molar-refractivity contribution in [3.8, 4) is 17.0 Å². The van der Waals surface area contributed by atoms with Crippen LogP contribution in [0.2, 0.25) is 0 Å². The molecule has 154 valence electrons. The van der Waals surface area contributed by atoms with E-state index in [9.17, 15) is 4.79 Å². The van der Waals surface area contributed by atoms with Crippen molar-refractivity contribution in [1.29, 1.82) is 0 Å². The first-order valence-electron chi connectivity index (χ1n) is 10.4. The fourth-order valence-corrected chi connectivity index (χ4v) is 4.11. The molecule has 0 aliphatic carbocycles. The zero-order chi connectivity index (χ0) is 21.2. The van der Waals surface area contributed by atoms with E-state index in [0.717, 1.165) is 29.0 Å². The van der Waals surface area contributed by atoms with Gasteiger partial charge in [0, 0.05) is 24.0 Å². The molecule has 4 aromatic rings. The zero-order valence-electron chi connectivity index (χ0n) is 17.4. The van der Waals surface area contributed by atoms with E-state index in [-0.39, 0.29) is 5.91 Å². The lowest BCUT2D eigenvalue weighted by Gasteiger charge is -2.17. The molecule has 0 atom stereocenters. The summed E-state index contributed by atoms with van der Waals surface area (Å²) in [5.41, 5.74) is 5.45. The Balaban J connectivity index is 1.57. The first kappa shape index (κ1) is 19.1. The number of hydrogen-bond acceptors (Lipinski definition) is 3. The molecule has 0 bridgehead atoms. The van der Waals surface area contributed by atoms with E-state index < -0.39 is 0 Å². The van der Waals surface area contributed by atoms with Crippen LogP contribution in [-0.2, 0) is 13.0 Å². The van der Waals surface area contributed by atoms with Gasteiger partial charge < -0.3 is 9.64 Å². The summed E-state index contributed by atoms with van der Waals surface area (Å²) < 4.78 is 7.24. The minimum absolute atomic E-state index is 0.0259. The number of aromatic nitrogens is 2. The lowest BCUT2D eigenvalue weighted by molar-refractivity contribution is 0.0990. The van der Waals surface area contributed by atoms with Crippen LogP contribution in [0.15, 0.2) is 85.1 Å². The van der Waals surface area contributed by atoms with Gasteiger partial charge in [-0.05, 0) is 35.7 Å². The summed E-state index contributed by atoms with van der Waals surface area (Å²) in [5, 5.41) is 4.81. The van der Waals surface area contributed by atoms with Crippen LogP contribution in [0.5, 0.6) is 5.75 Å². The van der Waals surface area contributed by atoms with Gasteiger partial charge in [-0.2, -0.15) is 5.10 Å². The second-order valence-corrected chi connectivity index (χ2v) is 7.64. The molecule has 0 saturated heterocycles. The van der Waals surface area contributed by atoms with Gasteiger partial charge in [-0.1, -0.05) is 60.7 Å². The average molecular weight is 409 g/mol. The van der Waals surface area contributed by atoms with Gasteiger partial charge in [0.05, 0.1) is 19.2 Å².